The number of anilines is 1. The zero-order chi connectivity index (χ0) is 13.3. The Balaban J connectivity index is 2.09. The van der Waals surface area contributed by atoms with Crippen LogP contribution in [0.5, 0.6) is 0 Å². The summed E-state index contributed by atoms with van der Waals surface area (Å²) in [7, 11) is -2.94. The number of nitrogens with one attached hydrogen (secondary N) is 1. The van der Waals surface area contributed by atoms with Crippen molar-refractivity contribution in [3.63, 3.8) is 0 Å². The van der Waals surface area contributed by atoms with E-state index in [1.165, 1.54) is 6.07 Å². The van der Waals surface area contributed by atoms with Gasteiger partial charge in [-0.2, -0.15) is 0 Å². The molecule has 1 fully saturated rings. The first-order valence-corrected chi connectivity index (χ1v) is 8.10. The smallest absolute Gasteiger partial charge is 0.150 e. The SMILES string of the molecule is O=S1(=O)CCC(Nc2cc(Br)c(F)cc2F)CC1. The highest BCUT2D eigenvalue weighted by atomic mass is 79.9. The molecule has 0 spiro atoms. The van der Waals surface area contributed by atoms with Gasteiger partial charge in [-0.1, -0.05) is 0 Å². The first-order chi connectivity index (χ1) is 8.37. The zero-order valence-electron chi connectivity index (χ0n) is 9.42. The van der Waals surface area contributed by atoms with Gasteiger partial charge in [0, 0.05) is 12.1 Å². The van der Waals surface area contributed by atoms with Gasteiger partial charge in [0.25, 0.3) is 0 Å². The topological polar surface area (TPSA) is 46.2 Å². The van der Waals surface area contributed by atoms with Crippen molar-refractivity contribution in [2.75, 3.05) is 16.8 Å². The van der Waals surface area contributed by atoms with Gasteiger partial charge in [0.05, 0.1) is 21.7 Å². The second-order valence-corrected chi connectivity index (χ2v) is 7.47. The van der Waals surface area contributed by atoms with Crippen LogP contribution in [0.3, 0.4) is 0 Å². The summed E-state index contributed by atoms with van der Waals surface area (Å²) in [6, 6.07) is 2.03. The lowest BCUT2D eigenvalue weighted by atomic mass is 10.1. The number of benzene rings is 1. The third-order valence-electron chi connectivity index (χ3n) is 2.92. The molecular weight excluding hydrogens is 328 g/mol. The third kappa shape index (κ3) is 3.20. The maximum Gasteiger partial charge on any atom is 0.150 e. The quantitative estimate of drug-likeness (QED) is 0.842. The van der Waals surface area contributed by atoms with E-state index in [9.17, 15) is 17.2 Å². The molecule has 1 aromatic rings. The van der Waals surface area contributed by atoms with E-state index < -0.39 is 21.5 Å². The zero-order valence-corrected chi connectivity index (χ0v) is 11.8. The van der Waals surface area contributed by atoms with Crippen LogP contribution in [0.15, 0.2) is 16.6 Å². The van der Waals surface area contributed by atoms with Crippen LogP contribution in [0.2, 0.25) is 0 Å². The van der Waals surface area contributed by atoms with E-state index in [4.69, 9.17) is 0 Å². The van der Waals surface area contributed by atoms with Crippen LogP contribution in [0.4, 0.5) is 14.5 Å². The number of hydrogen-bond donors (Lipinski definition) is 1. The molecule has 100 valence electrons. The van der Waals surface area contributed by atoms with Crippen LogP contribution in [0.25, 0.3) is 0 Å². The molecule has 0 unspecified atom stereocenters. The average Bonchev–Trinajstić information content (AvgIpc) is 2.28. The predicted octanol–water partition coefficient (Wildman–Crippen LogP) is 2.72. The highest BCUT2D eigenvalue weighted by molar-refractivity contribution is 9.10. The Morgan fingerprint density at radius 2 is 1.78 bits per heavy atom. The Morgan fingerprint density at radius 1 is 1.17 bits per heavy atom. The van der Waals surface area contributed by atoms with Crippen molar-refractivity contribution in [1.82, 2.24) is 0 Å². The Kier molecular flexibility index (Phi) is 3.91. The maximum atomic E-state index is 13.5. The summed E-state index contributed by atoms with van der Waals surface area (Å²) in [6.07, 6.45) is 0.882. The number of halogens is 3. The van der Waals surface area contributed by atoms with Gasteiger partial charge >= 0.3 is 0 Å². The third-order valence-corrected chi connectivity index (χ3v) is 5.25. The first kappa shape index (κ1) is 13.7. The molecule has 0 atom stereocenters. The maximum absolute atomic E-state index is 13.5. The molecule has 0 aromatic heterocycles. The van der Waals surface area contributed by atoms with E-state index in [0.717, 1.165) is 6.07 Å². The van der Waals surface area contributed by atoms with Gasteiger partial charge in [0.1, 0.15) is 21.5 Å². The lowest BCUT2D eigenvalue weighted by Gasteiger charge is -2.24. The van der Waals surface area contributed by atoms with E-state index in [-0.39, 0.29) is 27.7 Å². The van der Waals surface area contributed by atoms with Gasteiger partial charge < -0.3 is 5.32 Å². The fourth-order valence-electron chi connectivity index (χ4n) is 1.89. The van der Waals surface area contributed by atoms with Crippen LogP contribution in [0.1, 0.15) is 12.8 Å². The largest absolute Gasteiger partial charge is 0.380 e. The van der Waals surface area contributed by atoms with Crippen LogP contribution < -0.4 is 5.32 Å². The average molecular weight is 340 g/mol. The van der Waals surface area contributed by atoms with Crippen molar-refractivity contribution in [2.45, 2.75) is 18.9 Å². The second kappa shape index (κ2) is 5.13. The minimum Gasteiger partial charge on any atom is -0.380 e. The number of rotatable bonds is 2. The minimum atomic E-state index is -2.94. The summed E-state index contributed by atoms with van der Waals surface area (Å²) in [4.78, 5) is 0. The molecule has 0 bridgehead atoms. The van der Waals surface area contributed by atoms with Gasteiger partial charge in [0.2, 0.25) is 0 Å². The van der Waals surface area contributed by atoms with Gasteiger partial charge in [-0.05, 0) is 34.8 Å². The lowest BCUT2D eigenvalue weighted by Crippen LogP contribution is -2.32. The molecule has 1 aliphatic rings. The van der Waals surface area contributed by atoms with Crippen LogP contribution >= 0.6 is 15.9 Å². The summed E-state index contributed by atoms with van der Waals surface area (Å²) >= 11 is 2.99. The van der Waals surface area contributed by atoms with E-state index in [1.54, 1.807) is 0 Å². The van der Waals surface area contributed by atoms with Crippen LogP contribution in [-0.4, -0.2) is 26.0 Å². The Labute approximate surface area is 113 Å². The van der Waals surface area contributed by atoms with E-state index in [0.29, 0.717) is 12.8 Å². The molecule has 1 aromatic carbocycles. The van der Waals surface area contributed by atoms with Gasteiger partial charge in [-0.15, -0.1) is 0 Å². The molecule has 7 heteroatoms. The molecule has 1 aliphatic heterocycles. The van der Waals surface area contributed by atoms with E-state index >= 15 is 0 Å². The highest BCUT2D eigenvalue weighted by Gasteiger charge is 2.24. The number of sulfone groups is 1. The standard InChI is InChI=1S/C11H12BrF2NO2S/c12-8-5-11(10(14)6-9(8)13)15-7-1-3-18(16,17)4-2-7/h5-7,15H,1-4H2. The first-order valence-electron chi connectivity index (χ1n) is 5.49. The number of hydrogen-bond acceptors (Lipinski definition) is 3. The molecule has 1 heterocycles. The monoisotopic (exact) mass is 339 g/mol. The van der Waals surface area contributed by atoms with E-state index in [1.807, 2.05) is 0 Å². The molecule has 1 N–H and O–H groups in total. The Morgan fingerprint density at radius 3 is 2.39 bits per heavy atom. The second-order valence-electron chi connectivity index (χ2n) is 4.32. The summed E-state index contributed by atoms with van der Waals surface area (Å²) in [6.45, 7) is 0. The van der Waals surface area contributed by atoms with Crippen molar-refractivity contribution < 1.29 is 17.2 Å². The molecule has 0 saturated carbocycles. The van der Waals surface area contributed by atoms with Crippen molar-refractivity contribution in [2.24, 2.45) is 0 Å². The molecule has 0 amide bonds. The Hall–Kier alpha value is -0.690. The molecule has 1 saturated heterocycles. The summed E-state index contributed by atoms with van der Waals surface area (Å²) in [5.74, 6) is -1.13. The molecular formula is C11H12BrF2NO2S. The molecule has 18 heavy (non-hydrogen) atoms. The van der Waals surface area contributed by atoms with Crippen molar-refractivity contribution >= 4 is 31.5 Å². The molecule has 2 rings (SSSR count). The predicted molar refractivity (Wildman–Crippen MR) is 69.4 cm³/mol. The van der Waals surface area contributed by atoms with Crippen LogP contribution in [-0.2, 0) is 9.84 Å². The molecule has 3 nitrogen and oxygen atoms in total. The summed E-state index contributed by atoms with van der Waals surface area (Å²) < 4.78 is 49.2. The van der Waals surface area contributed by atoms with Gasteiger partial charge in [-0.3, -0.25) is 0 Å². The van der Waals surface area contributed by atoms with Crippen LogP contribution in [0, 0.1) is 11.6 Å². The van der Waals surface area contributed by atoms with E-state index in [2.05, 4.69) is 21.2 Å². The van der Waals surface area contributed by atoms with Crippen molar-refractivity contribution in [1.29, 1.82) is 0 Å². The lowest BCUT2D eigenvalue weighted by molar-refractivity contribution is 0.554. The van der Waals surface area contributed by atoms with Crippen molar-refractivity contribution in [3.8, 4) is 0 Å². The fourth-order valence-corrected chi connectivity index (χ4v) is 3.72. The minimum absolute atomic E-state index is 0.0969. The normalized spacial score (nSPS) is 19.7. The Bertz CT molecular complexity index is 548. The molecule has 0 radical (unpaired) electrons. The summed E-state index contributed by atoms with van der Waals surface area (Å²) in [5.41, 5.74) is 0.188. The molecule has 0 aliphatic carbocycles. The van der Waals surface area contributed by atoms with Gasteiger partial charge in [0.15, 0.2) is 0 Å². The fraction of sp³-hybridized carbons (Fsp3) is 0.455. The summed E-state index contributed by atoms with van der Waals surface area (Å²) in [5, 5.41) is 2.92. The highest BCUT2D eigenvalue weighted by Crippen LogP contribution is 2.26. The van der Waals surface area contributed by atoms with Gasteiger partial charge in [-0.25, -0.2) is 17.2 Å². The van der Waals surface area contributed by atoms with Crippen molar-refractivity contribution in [3.05, 3.63) is 28.2 Å².